The molecule has 0 aliphatic rings. The molecule has 3 aromatic rings. The van der Waals surface area contributed by atoms with Gasteiger partial charge < -0.3 is 5.73 Å². The van der Waals surface area contributed by atoms with Gasteiger partial charge in [-0.25, -0.2) is 4.39 Å². The number of benzene rings is 1. The van der Waals surface area contributed by atoms with E-state index in [1.807, 2.05) is 31.2 Å². The highest BCUT2D eigenvalue weighted by Crippen LogP contribution is 2.43. The van der Waals surface area contributed by atoms with Gasteiger partial charge in [0.05, 0.1) is 10.7 Å². The zero-order valence-electron chi connectivity index (χ0n) is 10.9. The molecule has 2 nitrogen and oxygen atoms in total. The number of nitrogen functional groups attached to an aromatic ring is 1. The van der Waals surface area contributed by atoms with E-state index in [0.717, 1.165) is 21.7 Å². The number of nitrogens with two attached hydrogens (primary N) is 1. The Morgan fingerprint density at radius 1 is 1.10 bits per heavy atom. The van der Waals surface area contributed by atoms with E-state index in [-0.39, 0.29) is 5.82 Å². The molecule has 0 aliphatic heterocycles. The Morgan fingerprint density at radius 3 is 2.55 bits per heavy atom. The van der Waals surface area contributed by atoms with Crippen LogP contribution >= 0.6 is 11.3 Å². The van der Waals surface area contributed by atoms with E-state index in [9.17, 15) is 4.39 Å². The van der Waals surface area contributed by atoms with Crippen molar-refractivity contribution in [2.24, 2.45) is 0 Å². The van der Waals surface area contributed by atoms with Crippen molar-refractivity contribution in [1.29, 1.82) is 0 Å². The number of aromatic nitrogens is 1. The SMILES string of the molecule is Cc1c(-c2ccccc2F)sc(N)c1-c1ccccn1. The van der Waals surface area contributed by atoms with Gasteiger partial charge in [0.15, 0.2) is 0 Å². The number of hydrogen-bond donors (Lipinski definition) is 1. The van der Waals surface area contributed by atoms with Crippen molar-refractivity contribution in [1.82, 2.24) is 4.98 Å². The predicted octanol–water partition coefficient (Wildman–Crippen LogP) is 4.51. The summed E-state index contributed by atoms with van der Waals surface area (Å²) in [7, 11) is 0. The lowest BCUT2D eigenvalue weighted by molar-refractivity contribution is 0.631. The maximum atomic E-state index is 13.9. The summed E-state index contributed by atoms with van der Waals surface area (Å²) >= 11 is 1.40. The summed E-state index contributed by atoms with van der Waals surface area (Å²) in [4.78, 5) is 5.20. The minimum atomic E-state index is -0.232. The molecule has 0 spiro atoms. The fraction of sp³-hybridized carbons (Fsp3) is 0.0625. The highest BCUT2D eigenvalue weighted by molar-refractivity contribution is 7.20. The van der Waals surface area contributed by atoms with Crippen LogP contribution in [0.4, 0.5) is 9.39 Å². The molecule has 0 saturated heterocycles. The summed E-state index contributed by atoms with van der Waals surface area (Å²) < 4.78 is 13.9. The first-order valence-electron chi connectivity index (χ1n) is 6.23. The molecule has 1 aromatic carbocycles. The molecule has 0 fully saturated rings. The second kappa shape index (κ2) is 5.06. The van der Waals surface area contributed by atoms with E-state index >= 15 is 0 Å². The first kappa shape index (κ1) is 12.8. The van der Waals surface area contributed by atoms with Crippen LogP contribution in [0.15, 0.2) is 48.7 Å². The Hall–Kier alpha value is -2.20. The van der Waals surface area contributed by atoms with Crippen LogP contribution in [0.5, 0.6) is 0 Å². The molecule has 20 heavy (non-hydrogen) atoms. The van der Waals surface area contributed by atoms with Gasteiger partial charge in [0.25, 0.3) is 0 Å². The number of halogens is 1. The van der Waals surface area contributed by atoms with Crippen molar-refractivity contribution in [3.8, 4) is 21.7 Å². The standard InChI is InChI=1S/C16H13FN2S/c1-10-14(13-8-4-5-9-19-13)16(18)20-15(10)11-6-2-3-7-12(11)17/h2-9H,18H2,1H3. The Kier molecular flexibility index (Phi) is 3.24. The van der Waals surface area contributed by atoms with E-state index in [2.05, 4.69) is 4.98 Å². The first-order chi connectivity index (χ1) is 9.68. The minimum absolute atomic E-state index is 0.232. The van der Waals surface area contributed by atoms with Gasteiger partial charge in [-0.2, -0.15) is 0 Å². The first-order valence-corrected chi connectivity index (χ1v) is 7.05. The van der Waals surface area contributed by atoms with Crippen molar-refractivity contribution >= 4 is 16.3 Å². The summed E-state index contributed by atoms with van der Waals surface area (Å²) in [5.74, 6) is -0.232. The molecule has 3 rings (SSSR count). The summed E-state index contributed by atoms with van der Waals surface area (Å²) in [6.07, 6.45) is 1.73. The lowest BCUT2D eigenvalue weighted by Gasteiger charge is -2.03. The second-order valence-electron chi connectivity index (χ2n) is 4.49. The molecule has 2 heterocycles. The Labute approximate surface area is 120 Å². The fourth-order valence-corrected chi connectivity index (χ4v) is 3.38. The van der Waals surface area contributed by atoms with Crippen molar-refractivity contribution < 1.29 is 4.39 Å². The number of pyridine rings is 1. The Morgan fingerprint density at radius 2 is 1.85 bits per heavy atom. The molecule has 0 amide bonds. The number of nitrogens with zero attached hydrogens (tertiary/aromatic N) is 1. The van der Waals surface area contributed by atoms with Crippen molar-refractivity contribution in [3.63, 3.8) is 0 Å². The largest absolute Gasteiger partial charge is 0.390 e. The van der Waals surface area contributed by atoms with Crippen LogP contribution in [-0.4, -0.2) is 4.98 Å². The third-order valence-corrected chi connectivity index (χ3v) is 4.37. The maximum Gasteiger partial charge on any atom is 0.131 e. The van der Waals surface area contributed by atoms with Crippen LogP contribution in [0.3, 0.4) is 0 Å². The minimum Gasteiger partial charge on any atom is -0.390 e. The zero-order chi connectivity index (χ0) is 14.1. The molecule has 0 saturated carbocycles. The van der Waals surface area contributed by atoms with Crippen molar-refractivity contribution in [2.45, 2.75) is 6.92 Å². The van der Waals surface area contributed by atoms with Gasteiger partial charge in [0.1, 0.15) is 5.82 Å². The van der Waals surface area contributed by atoms with Crippen molar-refractivity contribution in [2.75, 3.05) is 5.73 Å². The summed E-state index contributed by atoms with van der Waals surface area (Å²) in [6.45, 7) is 1.96. The zero-order valence-corrected chi connectivity index (χ0v) is 11.7. The molecule has 100 valence electrons. The molecular weight excluding hydrogens is 271 g/mol. The third kappa shape index (κ3) is 2.08. The van der Waals surface area contributed by atoms with Gasteiger partial charge in [-0.15, -0.1) is 11.3 Å². The topological polar surface area (TPSA) is 38.9 Å². The Bertz CT molecular complexity index is 750. The molecule has 2 N–H and O–H groups in total. The molecule has 0 aliphatic carbocycles. The molecule has 2 aromatic heterocycles. The van der Waals surface area contributed by atoms with Gasteiger partial charge in [0.2, 0.25) is 0 Å². The van der Waals surface area contributed by atoms with E-state index in [1.54, 1.807) is 18.3 Å². The summed E-state index contributed by atoms with van der Waals surface area (Å²) in [5, 5.41) is 0.666. The quantitative estimate of drug-likeness (QED) is 0.752. The second-order valence-corrected chi connectivity index (χ2v) is 5.54. The van der Waals surface area contributed by atoms with Crippen LogP contribution in [-0.2, 0) is 0 Å². The number of rotatable bonds is 2. The van der Waals surface area contributed by atoms with Gasteiger partial charge in [-0.1, -0.05) is 24.3 Å². The molecule has 0 radical (unpaired) electrons. The third-order valence-electron chi connectivity index (χ3n) is 3.21. The van der Waals surface area contributed by atoms with Crippen LogP contribution in [0.2, 0.25) is 0 Å². The molecule has 0 bridgehead atoms. The smallest absolute Gasteiger partial charge is 0.131 e. The average molecular weight is 284 g/mol. The summed E-state index contributed by atoms with van der Waals surface area (Å²) in [6, 6.07) is 12.4. The Balaban J connectivity index is 2.20. The summed E-state index contributed by atoms with van der Waals surface area (Å²) in [5.41, 5.74) is 9.39. The van der Waals surface area contributed by atoms with Gasteiger partial charge in [0, 0.05) is 22.2 Å². The molecule has 0 unspecified atom stereocenters. The van der Waals surface area contributed by atoms with Gasteiger partial charge in [-0.3, -0.25) is 4.98 Å². The molecule has 0 atom stereocenters. The van der Waals surface area contributed by atoms with Crippen LogP contribution in [0, 0.1) is 12.7 Å². The van der Waals surface area contributed by atoms with E-state index in [0.29, 0.717) is 10.6 Å². The van der Waals surface area contributed by atoms with Crippen molar-refractivity contribution in [3.05, 3.63) is 60.0 Å². The monoisotopic (exact) mass is 284 g/mol. The molecule has 4 heteroatoms. The lowest BCUT2D eigenvalue weighted by atomic mass is 10.0. The molecular formula is C16H13FN2S. The average Bonchev–Trinajstić information content (AvgIpc) is 2.75. The van der Waals surface area contributed by atoms with Crippen LogP contribution in [0.1, 0.15) is 5.56 Å². The highest BCUT2D eigenvalue weighted by atomic mass is 32.1. The maximum absolute atomic E-state index is 13.9. The normalized spacial score (nSPS) is 10.7. The predicted molar refractivity (Wildman–Crippen MR) is 82.1 cm³/mol. The fourth-order valence-electron chi connectivity index (χ4n) is 2.27. The van der Waals surface area contributed by atoms with Crippen LogP contribution in [0.25, 0.3) is 21.7 Å². The lowest BCUT2D eigenvalue weighted by Crippen LogP contribution is -1.88. The van der Waals surface area contributed by atoms with Crippen LogP contribution < -0.4 is 5.73 Å². The number of thiophene rings is 1. The van der Waals surface area contributed by atoms with Gasteiger partial charge in [-0.05, 0) is 30.7 Å². The number of anilines is 1. The van der Waals surface area contributed by atoms with Gasteiger partial charge >= 0.3 is 0 Å². The van der Waals surface area contributed by atoms with E-state index in [1.165, 1.54) is 17.4 Å². The van der Waals surface area contributed by atoms with E-state index < -0.39 is 0 Å². The number of hydrogen-bond acceptors (Lipinski definition) is 3. The van der Waals surface area contributed by atoms with E-state index in [4.69, 9.17) is 5.73 Å². The highest BCUT2D eigenvalue weighted by Gasteiger charge is 2.18.